The minimum atomic E-state index is -0.760. The van der Waals surface area contributed by atoms with E-state index in [0.29, 0.717) is 22.1 Å². The lowest BCUT2D eigenvalue weighted by molar-refractivity contribution is 0.670. The van der Waals surface area contributed by atoms with Crippen LogP contribution in [0.2, 0.25) is 0 Å². The first-order chi connectivity index (χ1) is 31.5. The summed E-state index contributed by atoms with van der Waals surface area (Å²) in [7, 11) is 0. The van der Waals surface area contributed by atoms with Crippen LogP contribution in [0.15, 0.2) is 186 Å². The summed E-state index contributed by atoms with van der Waals surface area (Å²) in [4.78, 5) is 0. The lowest BCUT2D eigenvalue weighted by Crippen LogP contribution is -1.92. The highest BCUT2D eigenvalue weighted by Crippen LogP contribution is 2.47. The average molecular weight is 662 g/mol. The van der Waals surface area contributed by atoms with Crippen LogP contribution in [-0.4, -0.2) is 0 Å². The van der Waals surface area contributed by atoms with E-state index in [-0.39, 0.29) is 32.7 Å². The Bertz CT molecular complexity index is 3970. The third kappa shape index (κ3) is 4.16. The van der Waals surface area contributed by atoms with Gasteiger partial charge in [0.25, 0.3) is 0 Å². The normalized spacial score (nSPS) is 16.0. The van der Waals surface area contributed by atoms with Crippen LogP contribution in [-0.2, 0) is 0 Å². The van der Waals surface area contributed by atoms with E-state index in [2.05, 4.69) is 6.07 Å². The Morgan fingerprint density at radius 2 is 0.980 bits per heavy atom. The third-order valence-corrected chi connectivity index (χ3v) is 9.79. The van der Waals surface area contributed by atoms with Crippen molar-refractivity contribution < 1.29 is 25.0 Å². The number of furan rings is 1. The maximum Gasteiger partial charge on any atom is 0.143 e. The standard InChI is InChI=1S/C50H30O/c1-3-16-35-31(12-1)14-10-23-38(35)48-41-20-7-5-18-39(41)47(40-19-6-8-21-42(40)48)34-27-26-33-15-9-22-37(45(33)30-34)43-24-11-25-44-49-36-17-4-2-13-32(36)28-29-46(49)51-50(43)44/h1-30H/i1D,3D,5D,6D,7D,8D,10D,12D,14D,16D,18D,19D,20D,21D,23D. The van der Waals surface area contributed by atoms with Gasteiger partial charge in [0, 0.05) is 16.3 Å². The summed E-state index contributed by atoms with van der Waals surface area (Å²) in [6, 6.07) is 18.7. The summed E-state index contributed by atoms with van der Waals surface area (Å²) >= 11 is 0. The fourth-order valence-corrected chi connectivity index (χ4v) is 7.61. The highest BCUT2D eigenvalue weighted by atomic mass is 16.3. The molecule has 0 aliphatic heterocycles. The van der Waals surface area contributed by atoms with Crippen LogP contribution in [0.5, 0.6) is 0 Å². The van der Waals surface area contributed by atoms with E-state index in [9.17, 15) is 6.85 Å². The minimum absolute atomic E-state index is 0.0221. The van der Waals surface area contributed by atoms with Crippen LogP contribution < -0.4 is 0 Å². The lowest BCUT2D eigenvalue weighted by atomic mass is 9.84. The summed E-state index contributed by atoms with van der Waals surface area (Å²) in [5, 5.41) is 3.57. The van der Waals surface area contributed by atoms with E-state index in [0.717, 1.165) is 38.1 Å². The van der Waals surface area contributed by atoms with Crippen LogP contribution in [0.25, 0.3) is 109 Å². The monoisotopic (exact) mass is 661 g/mol. The van der Waals surface area contributed by atoms with Crippen molar-refractivity contribution in [1.82, 2.24) is 0 Å². The molecule has 1 heteroatoms. The Balaban J connectivity index is 1.33. The van der Waals surface area contributed by atoms with Crippen LogP contribution in [0.3, 0.4) is 0 Å². The van der Waals surface area contributed by atoms with E-state index in [1.54, 1.807) is 12.1 Å². The molecule has 0 atom stereocenters. The molecule has 0 spiro atoms. The van der Waals surface area contributed by atoms with Gasteiger partial charge in [-0.3, -0.25) is 0 Å². The number of benzene rings is 10. The molecule has 0 saturated heterocycles. The lowest BCUT2D eigenvalue weighted by Gasteiger charge is -2.19. The van der Waals surface area contributed by atoms with Crippen molar-refractivity contribution in [1.29, 1.82) is 0 Å². The zero-order valence-electron chi connectivity index (χ0n) is 41.6. The number of hydrogen-bond acceptors (Lipinski definition) is 1. The summed E-state index contributed by atoms with van der Waals surface area (Å²) in [5.74, 6) is 0. The molecule has 0 saturated carbocycles. The molecule has 0 aliphatic rings. The minimum Gasteiger partial charge on any atom is -0.455 e. The van der Waals surface area contributed by atoms with Crippen molar-refractivity contribution >= 4 is 75.8 Å². The molecule has 51 heavy (non-hydrogen) atoms. The third-order valence-electron chi connectivity index (χ3n) is 9.79. The Morgan fingerprint density at radius 3 is 1.80 bits per heavy atom. The molecule has 11 aromatic rings. The topological polar surface area (TPSA) is 13.1 Å². The molecule has 1 heterocycles. The largest absolute Gasteiger partial charge is 0.455 e. The van der Waals surface area contributed by atoms with E-state index in [4.69, 9.17) is 18.1 Å². The first-order valence-electron chi connectivity index (χ1n) is 23.9. The van der Waals surface area contributed by atoms with Crippen molar-refractivity contribution in [3.8, 4) is 33.4 Å². The Kier molecular flexibility index (Phi) is 3.70. The van der Waals surface area contributed by atoms with Crippen molar-refractivity contribution in [2.75, 3.05) is 0 Å². The van der Waals surface area contributed by atoms with Gasteiger partial charge in [0.15, 0.2) is 0 Å². The predicted molar refractivity (Wildman–Crippen MR) is 218 cm³/mol. The molecule has 10 aromatic carbocycles. The van der Waals surface area contributed by atoms with Gasteiger partial charge in [-0.2, -0.15) is 0 Å². The van der Waals surface area contributed by atoms with E-state index in [1.165, 1.54) is 0 Å². The van der Waals surface area contributed by atoms with E-state index >= 15 is 0 Å². The molecule has 1 nitrogen and oxygen atoms in total. The van der Waals surface area contributed by atoms with Gasteiger partial charge in [-0.15, -0.1) is 0 Å². The molecule has 0 unspecified atom stereocenters. The average Bonchev–Trinajstić information content (AvgIpc) is 3.72. The molecular weight excluding hydrogens is 617 g/mol. The first-order valence-corrected chi connectivity index (χ1v) is 16.4. The Hall–Kier alpha value is -6.70. The summed E-state index contributed by atoms with van der Waals surface area (Å²) in [6.07, 6.45) is 0. The molecular formula is C50H30O. The Labute approximate surface area is 315 Å². The molecule has 0 aliphatic carbocycles. The molecule has 236 valence electrons. The second-order valence-corrected chi connectivity index (χ2v) is 12.4. The fourth-order valence-electron chi connectivity index (χ4n) is 7.61. The molecule has 0 N–H and O–H groups in total. The molecule has 0 fully saturated rings. The van der Waals surface area contributed by atoms with E-state index < -0.39 is 107 Å². The summed E-state index contributed by atoms with van der Waals surface area (Å²) in [5.41, 5.74) is 2.37. The highest BCUT2D eigenvalue weighted by molar-refractivity contribution is 6.25. The zero-order valence-corrected chi connectivity index (χ0v) is 26.6. The molecule has 0 bridgehead atoms. The smallest absolute Gasteiger partial charge is 0.143 e. The van der Waals surface area contributed by atoms with Crippen LogP contribution in [0.1, 0.15) is 20.6 Å². The predicted octanol–water partition coefficient (Wildman–Crippen LogP) is 14.4. The van der Waals surface area contributed by atoms with Gasteiger partial charge in [-0.25, -0.2) is 0 Å². The van der Waals surface area contributed by atoms with Gasteiger partial charge >= 0.3 is 0 Å². The van der Waals surface area contributed by atoms with Crippen LogP contribution >= 0.6 is 0 Å². The number of para-hydroxylation sites is 1. The molecule has 1 aromatic heterocycles. The summed E-state index contributed by atoms with van der Waals surface area (Å²) in [6.45, 7) is 0. The van der Waals surface area contributed by atoms with Crippen molar-refractivity contribution in [3.63, 3.8) is 0 Å². The number of rotatable bonds is 3. The Morgan fingerprint density at radius 1 is 0.373 bits per heavy atom. The zero-order chi connectivity index (χ0) is 46.5. The second kappa shape index (κ2) is 10.9. The first kappa shape index (κ1) is 17.3. The molecule has 0 amide bonds. The number of fused-ring (bicyclic) bond motifs is 9. The van der Waals surface area contributed by atoms with Gasteiger partial charge in [-0.1, -0.05) is 169 Å². The van der Waals surface area contributed by atoms with E-state index in [1.807, 2.05) is 72.8 Å². The van der Waals surface area contributed by atoms with Crippen molar-refractivity contribution in [3.05, 3.63) is 182 Å². The van der Waals surface area contributed by atoms with Gasteiger partial charge in [0.2, 0.25) is 0 Å². The SMILES string of the molecule is [2H]c1c([2H])c([2H])c2c(-c3c4c([2H])c([2H])c([2H])c([2H])c4c(-c4ccc5cccc(-c6cccc7c6oc6ccc8ccccc8c67)c5c4)c4c([2H])c([2H])c([2H])c([2H])c34)c([2H])c([2H])c([2H])c2c1[2H]. The van der Waals surface area contributed by atoms with Gasteiger partial charge in [0.05, 0.1) is 20.6 Å². The number of hydrogen-bond donors (Lipinski definition) is 0. The second-order valence-electron chi connectivity index (χ2n) is 12.4. The van der Waals surface area contributed by atoms with Crippen LogP contribution in [0, 0.1) is 0 Å². The fraction of sp³-hybridized carbons (Fsp3) is 0. The summed E-state index contributed by atoms with van der Waals surface area (Å²) < 4.78 is 142. The maximum atomic E-state index is 9.51. The van der Waals surface area contributed by atoms with Crippen molar-refractivity contribution in [2.45, 2.75) is 0 Å². The van der Waals surface area contributed by atoms with Gasteiger partial charge < -0.3 is 4.42 Å². The van der Waals surface area contributed by atoms with Gasteiger partial charge in [-0.05, 0) is 93.8 Å². The van der Waals surface area contributed by atoms with Crippen molar-refractivity contribution in [2.24, 2.45) is 0 Å². The maximum absolute atomic E-state index is 9.51. The highest BCUT2D eigenvalue weighted by Gasteiger charge is 2.20. The van der Waals surface area contributed by atoms with Gasteiger partial charge in [0.1, 0.15) is 11.2 Å². The van der Waals surface area contributed by atoms with Crippen LogP contribution in [0.4, 0.5) is 0 Å². The molecule has 11 rings (SSSR count). The quantitative estimate of drug-likeness (QED) is 0.172. The molecule has 0 radical (unpaired) electrons.